The van der Waals surface area contributed by atoms with E-state index < -0.39 is 0 Å². The third-order valence-corrected chi connectivity index (χ3v) is 2.66. The molecule has 0 aliphatic rings. The maximum Gasteiger partial charge on any atom is 0.254 e. The molecule has 0 unspecified atom stereocenters. The highest BCUT2D eigenvalue weighted by atomic mass is 16.3. The van der Waals surface area contributed by atoms with Crippen molar-refractivity contribution in [1.82, 2.24) is 15.1 Å². The standard InChI is InChI=1S/C12H21N3O2/c1-9(2)4-6-15-10(3)11(8-14-15)12(17)13-5-7-16/h8-9,16H,4-7H2,1-3H3,(H,13,17). The van der Waals surface area contributed by atoms with E-state index >= 15 is 0 Å². The molecule has 0 saturated carbocycles. The highest BCUT2D eigenvalue weighted by molar-refractivity contribution is 5.94. The quantitative estimate of drug-likeness (QED) is 0.777. The molecule has 0 aliphatic carbocycles. The summed E-state index contributed by atoms with van der Waals surface area (Å²) < 4.78 is 1.86. The number of amides is 1. The van der Waals surface area contributed by atoms with Crippen LogP contribution in [0.25, 0.3) is 0 Å². The van der Waals surface area contributed by atoms with Gasteiger partial charge in [0.25, 0.3) is 5.91 Å². The molecule has 0 aliphatic heterocycles. The number of hydrogen-bond donors (Lipinski definition) is 2. The zero-order valence-corrected chi connectivity index (χ0v) is 10.7. The summed E-state index contributed by atoms with van der Waals surface area (Å²) in [5.41, 5.74) is 1.46. The fourth-order valence-electron chi connectivity index (χ4n) is 1.54. The van der Waals surface area contributed by atoms with Gasteiger partial charge in [-0.2, -0.15) is 5.10 Å². The monoisotopic (exact) mass is 239 g/mol. The summed E-state index contributed by atoms with van der Waals surface area (Å²) in [5.74, 6) is 0.442. The minimum atomic E-state index is -0.174. The lowest BCUT2D eigenvalue weighted by atomic mass is 10.1. The van der Waals surface area contributed by atoms with Crippen LogP contribution in [-0.2, 0) is 6.54 Å². The van der Waals surface area contributed by atoms with Crippen LogP contribution >= 0.6 is 0 Å². The molecule has 1 aromatic rings. The Balaban J connectivity index is 2.66. The van der Waals surface area contributed by atoms with Crippen LogP contribution < -0.4 is 5.32 Å². The van der Waals surface area contributed by atoms with Gasteiger partial charge in [0.15, 0.2) is 0 Å². The molecular weight excluding hydrogens is 218 g/mol. The summed E-state index contributed by atoms with van der Waals surface area (Å²) in [6.07, 6.45) is 2.63. The summed E-state index contributed by atoms with van der Waals surface area (Å²) in [7, 11) is 0. The predicted molar refractivity (Wildman–Crippen MR) is 65.8 cm³/mol. The first-order valence-corrected chi connectivity index (χ1v) is 5.97. The maximum atomic E-state index is 11.7. The van der Waals surface area contributed by atoms with E-state index in [0.29, 0.717) is 11.5 Å². The third-order valence-electron chi connectivity index (χ3n) is 2.66. The van der Waals surface area contributed by atoms with Gasteiger partial charge in [-0.05, 0) is 19.3 Å². The Hall–Kier alpha value is -1.36. The molecule has 0 fully saturated rings. The molecule has 0 bridgehead atoms. The van der Waals surface area contributed by atoms with Crippen LogP contribution in [-0.4, -0.2) is 33.9 Å². The molecule has 96 valence electrons. The van der Waals surface area contributed by atoms with Crippen molar-refractivity contribution in [2.45, 2.75) is 33.7 Å². The predicted octanol–water partition coefficient (Wildman–Crippen LogP) is 0.960. The van der Waals surface area contributed by atoms with E-state index in [2.05, 4.69) is 24.3 Å². The summed E-state index contributed by atoms with van der Waals surface area (Å²) in [4.78, 5) is 11.7. The molecule has 0 radical (unpaired) electrons. The number of hydrogen-bond acceptors (Lipinski definition) is 3. The number of nitrogens with zero attached hydrogens (tertiary/aromatic N) is 2. The van der Waals surface area contributed by atoms with E-state index in [1.54, 1.807) is 6.20 Å². The molecule has 0 spiro atoms. The van der Waals surface area contributed by atoms with Crippen molar-refractivity contribution < 1.29 is 9.90 Å². The highest BCUT2D eigenvalue weighted by Crippen LogP contribution is 2.09. The summed E-state index contributed by atoms with van der Waals surface area (Å²) in [6, 6.07) is 0. The first-order chi connectivity index (χ1) is 8.06. The number of rotatable bonds is 6. The Morgan fingerprint density at radius 2 is 2.29 bits per heavy atom. The molecular formula is C12H21N3O2. The van der Waals surface area contributed by atoms with E-state index in [0.717, 1.165) is 18.7 Å². The number of aliphatic hydroxyl groups excluding tert-OH is 1. The number of aromatic nitrogens is 2. The van der Waals surface area contributed by atoms with E-state index in [9.17, 15) is 4.79 Å². The second-order valence-corrected chi connectivity index (χ2v) is 4.53. The summed E-state index contributed by atoms with van der Waals surface area (Å²) in [6.45, 7) is 7.26. The first kappa shape index (κ1) is 13.7. The van der Waals surface area contributed by atoms with Crippen LogP contribution in [0.2, 0.25) is 0 Å². The number of aryl methyl sites for hydroxylation is 1. The van der Waals surface area contributed by atoms with Gasteiger partial charge >= 0.3 is 0 Å². The molecule has 1 rings (SSSR count). The Morgan fingerprint density at radius 1 is 1.59 bits per heavy atom. The van der Waals surface area contributed by atoms with Crippen LogP contribution in [0.5, 0.6) is 0 Å². The molecule has 0 atom stereocenters. The Kier molecular flexibility index (Phi) is 5.15. The molecule has 17 heavy (non-hydrogen) atoms. The number of carbonyl (C=O) groups is 1. The topological polar surface area (TPSA) is 67.2 Å². The van der Waals surface area contributed by atoms with Gasteiger partial charge in [0.05, 0.1) is 18.4 Å². The van der Waals surface area contributed by atoms with Crippen LogP contribution in [0.4, 0.5) is 0 Å². The van der Waals surface area contributed by atoms with Gasteiger partial charge in [0.1, 0.15) is 0 Å². The van der Waals surface area contributed by atoms with E-state index in [-0.39, 0.29) is 19.1 Å². The average Bonchev–Trinajstić information content (AvgIpc) is 2.65. The fraction of sp³-hybridized carbons (Fsp3) is 0.667. The normalized spacial score (nSPS) is 10.9. The maximum absolute atomic E-state index is 11.7. The van der Waals surface area contributed by atoms with Gasteiger partial charge in [-0.15, -0.1) is 0 Å². The summed E-state index contributed by atoms with van der Waals surface area (Å²) >= 11 is 0. The summed E-state index contributed by atoms with van der Waals surface area (Å²) in [5, 5.41) is 15.5. The lowest BCUT2D eigenvalue weighted by Gasteiger charge is -2.07. The van der Waals surface area contributed by atoms with Crippen LogP contribution in [0, 0.1) is 12.8 Å². The fourth-order valence-corrected chi connectivity index (χ4v) is 1.54. The third kappa shape index (κ3) is 3.85. The van der Waals surface area contributed by atoms with Crippen molar-refractivity contribution in [3.8, 4) is 0 Å². The van der Waals surface area contributed by atoms with Crippen LogP contribution in [0.1, 0.15) is 36.3 Å². The van der Waals surface area contributed by atoms with Crippen LogP contribution in [0.15, 0.2) is 6.20 Å². The smallest absolute Gasteiger partial charge is 0.254 e. The van der Waals surface area contributed by atoms with Crippen molar-refractivity contribution in [3.63, 3.8) is 0 Å². The number of nitrogens with one attached hydrogen (secondary N) is 1. The van der Waals surface area contributed by atoms with Crippen molar-refractivity contribution in [3.05, 3.63) is 17.5 Å². The second kappa shape index (κ2) is 6.39. The number of aliphatic hydroxyl groups is 1. The van der Waals surface area contributed by atoms with Crippen molar-refractivity contribution in [2.75, 3.05) is 13.2 Å². The minimum absolute atomic E-state index is 0.0493. The van der Waals surface area contributed by atoms with Gasteiger partial charge < -0.3 is 10.4 Å². The lowest BCUT2D eigenvalue weighted by Crippen LogP contribution is -2.26. The Morgan fingerprint density at radius 3 is 2.88 bits per heavy atom. The molecule has 5 nitrogen and oxygen atoms in total. The van der Waals surface area contributed by atoms with Gasteiger partial charge in [-0.3, -0.25) is 9.48 Å². The van der Waals surface area contributed by atoms with Crippen LogP contribution in [0.3, 0.4) is 0 Å². The van der Waals surface area contributed by atoms with Gasteiger partial charge in [0.2, 0.25) is 0 Å². The van der Waals surface area contributed by atoms with E-state index in [4.69, 9.17) is 5.11 Å². The minimum Gasteiger partial charge on any atom is -0.395 e. The second-order valence-electron chi connectivity index (χ2n) is 4.53. The zero-order chi connectivity index (χ0) is 12.8. The lowest BCUT2D eigenvalue weighted by molar-refractivity contribution is 0.0944. The Bertz CT molecular complexity index is 372. The molecule has 1 heterocycles. The highest BCUT2D eigenvalue weighted by Gasteiger charge is 2.13. The molecule has 0 saturated heterocycles. The average molecular weight is 239 g/mol. The van der Waals surface area contributed by atoms with Gasteiger partial charge in [-0.1, -0.05) is 13.8 Å². The largest absolute Gasteiger partial charge is 0.395 e. The molecule has 1 aromatic heterocycles. The van der Waals surface area contributed by atoms with Crippen molar-refractivity contribution in [2.24, 2.45) is 5.92 Å². The van der Waals surface area contributed by atoms with Crippen molar-refractivity contribution in [1.29, 1.82) is 0 Å². The molecule has 1 amide bonds. The van der Waals surface area contributed by atoms with E-state index in [1.165, 1.54) is 0 Å². The SMILES string of the molecule is Cc1c(C(=O)NCCO)cnn1CCC(C)C. The van der Waals surface area contributed by atoms with Crippen molar-refractivity contribution >= 4 is 5.91 Å². The molecule has 5 heteroatoms. The van der Waals surface area contributed by atoms with Gasteiger partial charge in [-0.25, -0.2) is 0 Å². The first-order valence-electron chi connectivity index (χ1n) is 5.97. The Labute approximate surface area is 102 Å². The van der Waals surface area contributed by atoms with E-state index in [1.807, 2.05) is 11.6 Å². The molecule has 0 aromatic carbocycles. The number of carbonyl (C=O) groups excluding carboxylic acids is 1. The zero-order valence-electron chi connectivity index (χ0n) is 10.7. The molecule has 2 N–H and O–H groups in total. The van der Waals surface area contributed by atoms with Gasteiger partial charge in [0, 0.05) is 18.8 Å².